The van der Waals surface area contributed by atoms with Crippen LogP contribution in [0.1, 0.15) is 32.3 Å². The van der Waals surface area contributed by atoms with E-state index in [0.29, 0.717) is 23.1 Å². The molecule has 1 atom stereocenters. The van der Waals surface area contributed by atoms with E-state index in [9.17, 15) is 9.59 Å². The van der Waals surface area contributed by atoms with Crippen molar-refractivity contribution in [2.75, 3.05) is 11.9 Å². The number of aryl methyl sites for hydroxylation is 1. The van der Waals surface area contributed by atoms with Crippen molar-refractivity contribution < 1.29 is 18.7 Å². The third-order valence-corrected chi connectivity index (χ3v) is 5.99. The van der Waals surface area contributed by atoms with E-state index in [2.05, 4.69) is 17.2 Å². The van der Waals surface area contributed by atoms with E-state index in [1.54, 1.807) is 25.1 Å². The molecule has 0 aliphatic rings. The molecule has 2 aromatic heterocycles. The minimum absolute atomic E-state index is 0.330. The van der Waals surface area contributed by atoms with Crippen LogP contribution in [0.4, 0.5) is 5.13 Å². The summed E-state index contributed by atoms with van der Waals surface area (Å²) in [5.74, 6) is 0.903. The van der Waals surface area contributed by atoms with Crippen LogP contribution < -0.4 is 20.4 Å². The molecule has 4 rings (SSSR count). The second-order valence-corrected chi connectivity index (χ2v) is 8.78. The van der Waals surface area contributed by atoms with Gasteiger partial charge in [0.2, 0.25) is 0 Å². The van der Waals surface area contributed by atoms with E-state index in [-0.39, 0.29) is 5.91 Å². The lowest BCUT2D eigenvalue weighted by molar-refractivity contribution is -0.122. The highest BCUT2D eigenvalue weighted by molar-refractivity contribution is 7.14. The zero-order valence-electron chi connectivity index (χ0n) is 19.3. The summed E-state index contributed by atoms with van der Waals surface area (Å²) >= 11 is 1.34. The van der Waals surface area contributed by atoms with Crippen molar-refractivity contribution in [1.82, 2.24) is 4.98 Å². The summed E-state index contributed by atoms with van der Waals surface area (Å²) in [4.78, 5) is 28.9. The molecular formula is C26H26N2O5S. The molecule has 8 heteroatoms. The van der Waals surface area contributed by atoms with Gasteiger partial charge in [-0.3, -0.25) is 10.1 Å². The number of anilines is 1. The van der Waals surface area contributed by atoms with Crippen molar-refractivity contribution in [3.63, 3.8) is 0 Å². The molecule has 0 fully saturated rings. The summed E-state index contributed by atoms with van der Waals surface area (Å²) < 4.78 is 16.8. The van der Waals surface area contributed by atoms with Gasteiger partial charge in [-0.25, -0.2) is 9.78 Å². The van der Waals surface area contributed by atoms with Crippen molar-refractivity contribution in [3.05, 3.63) is 69.9 Å². The predicted octanol–water partition coefficient (Wildman–Crippen LogP) is 5.81. The van der Waals surface area contributed by atoms with Crippen molar-refractivity contribution in [3.8, 4) is 22.8 Å². The van der Waals surface area contributed by atoms with Crippen LogP contribution in [-0.4, -0.2) is 23.6 Å². The summed E-state index contributed by atoms with van der Waals surface area (Å²) in [5.41, 5.74) is 2.49. The van der Waals surface area contributed by atoms with Gasteiger partial charge in [-0.15, -0.1) is 11.3 Å². The third-order valence-electron chi connectivity index (χ3n) is 5.24. The molecule has 0 saturated heterocycles. The first kappa shape index (κ1) is 23.5. The van der Waals surface area contributed by atoms with Gasteiger partial charge in [0.15, 0.2) is 11.2 Å². The molecule has 2 heterocycles. The standard InChI is InChI=1S/C26H26N2O5S/c1-4-5-11-31-19-8-6-7-18(13-19)22-15-34-26(27-22)28-25(30)17(3)32-20-9-10-21-16(2)12-24(29)33-23(21)14-20/h6-10,12-15,17H,4-5,11H2,1-3H3,(H,27,28,30)/t17-/m0/s1. The van der Waals surface area contributed by atoms with Gasteiger partial charge in [-0.1, -0.05) is 25.5 Å². The first-order chi connectivity index (χ1) is 16.4. The van der Waals surface area contributed by atoms with E-state index in [1.165, 1.54) is 17.4 Å². The quantitative estimate of drug-likeness (QED) is 0.241. The van der Waals surface area contributed by atoms with Gasteiger partial charge in [-0.2, -0.15) is 0 Å². The number of rotatable bonds is 9. The summed E-state index contributed by atoms with van der Waals surface area (Å²) in [6, 6.07) is 14.4. The number of amides is 1. The number of fused-ring (bicyclic) bond motifs is 1. The Hall–Kier alpha value is -3.65. The van der Waals surface area contributed by atoms with Gasteiger partial charge < -0.3 is 13.9 Å². The zero-order chi connectivity index (χ0) is 24.1. The van der Waals surface area contributed by atoms with E-state index >= 15 is 0 Å². The second-order valence-electron chi connectivity index (χ2n) is 7.92. The predicted molar refractivity (Wildman–Crippen MR) is 134 cm³/mol. The van der Waals surface area contributed by atoms with Crippen molar-refractivity contribution in [1.29, 1.82) is 0 Å². The Kier molecular flexibility index (Phi) is 7.27. The largest absolute Gasteiger partial charge is 0.494 e. The monoisotopic (exact) mass is 478 g/mol. The Morgan fingerprint density at radius 1 is 1.18 bits per heavy atom. The Morgan fingerprint density at radius 2 is 2.03 bits per heavy atom. The molecule has 0 bridgehead atoms. The first-order valence-electron chi connectivity index (χ1n) is 11.1. The number of hydrogen-bond acceptors (Lipinski definition) is 7. The molecule has 0 radical (unpaired) electrons. The lowest BCUT2D eigenvalue weighted by Crippen LogP contribution is -2.30. The summed E-state index contributed by atoms with van der Waals surface area (Å²) in [5, 5.41) is 5.99. The average Bonchev–Trinajstić information content (AvgIpc) is 3.27. The number of thiazole rings is 1. The molecule has 1 N–H and O–H groups in total. The maximum Gasteiger partial charge on any atom is 0.336 e. The fourth-order valence-electron chi connectivity index (χ4n) is 3.39. The first-order valence-corrected chi connectivity index (χ1v) is 12.0. The molecule has 7 nitrogen and oxygen atoms in total. The van der Waals surface area contributed by atoms with Crippen LogP contribution in [0.5, 0.6) is 11.5 Å². The number of ether oxygens (including phenoxy) is 2. The maximum absolute atomic E-state index is 12.7. The highest BCUT2D eigenvalue weighted by atomic mass is 32.1. The molecular weight excluding hydrogens is 452 g/mol. The van der Waals surface area contributed by atoms with E-state index < -0.39 is 11.7 Å². The smallest absolute Gasteiger partial charge is 0.336 e. The van der Waals surface area contributed by atoms with E-state index in [0.717, 1.165) is 40.8 Å². The van der Waals surface area contributed by atoms with Crippen molar-refractivity contribution in [2.45, 2.75) is 39.7 Å². The normalized spacial score (nSPS) is 11.9. The highest BCUT2D eigenvalue weighted by Gasteiger charge is 2.17. The number of nitrogens with one attached hydrogen (secondary N) is 1. The topological polar surface area (TPSA) is 90.7 Å². The van der Waals surface area contributed by atoms with Gasteiger partial charge in [0.05, 0.1) is 12.3 Å². The van der Waals surface area contributed by atoms with Crippen molar-refractivity contribution >= 4 is 33.3 Å². The Balaban J connectivity index is 1.40. The molecule has 4 aromatic rings. The number of aromatic nitrogens is 1. The van der Waals surface area contributed by atoms with Crippen LogP contribution in [-0.2, 0) is 4.79 Å². The van der Waals surface area contributed by atoms with E-state index in [1.807, 2.05) is 36.6 Å². The number of unbranched alkanes of at least 4 members (excludes halogenated alkanes) is 1. The Labute approximate surface area is 201 Å². The Bertz CT molecular complexity index is 1360. The lowest BCUT2D eigenvalue weighted by atomic mass is 10.1. The zero-order valence-corrected chi connectivity index (χ0v) is 20.1. The van der Waals surface area contributed by atoms with Crippen LogP contribution >= 0.6 is 11.3 Å². The van der Waals surface area contributed by atoms with Gasteiger partial charge >= 0.3 is 5.63 Å². The van der Waals surface area contributed by atoms with Crippen LogP contribution in [0.25, 0.3) is 22.2 Å². The molecule has 0 aliphatic heterocycles. The number of carbonyl (C=O) groups is 1. The molecule has 0 aliphatic carbocycles. The average molecular weight is 479 g/mol. The molecule has 2 aromatic carbocycles. The Morgan fingerprint density at radius 3 is 2.85 bits per heavy atom. The molecule has 0 spiro atoms. The van der Waals surface area contributed by atoms with Crippen LogP contribution in [0, 0.1) is 6.92 Å². The summed E-state index contributed by atoms with van der Waals surface area (Å²) in [6.45, 7) is 6.29. The van der Waals surface area contributed by atoms with Gasteiger partial charge in [0.25, 0.3) is 5.91 Å². The maximum atomic E-state index is 12.7. The molecule has 34 heavy (non-hydrogen) atoms. The summed E-state index contributed by atoms with van der Waals surface area (Å²) in [6.07, 6.45) is 1.30. The van der Waals surface area contributed by atoms with Gasteiger partial charge in [-0.05, 0) is 50.1 Å². The van der Waals surface area contributed by atoms with Gasteiger partial charge in [0.1, 0.15) is 17.1 Å². The number of benzene rings is 2. The summed E-state index contributed by atoms with van der Waals surface area (Å²) in [7, 11) is 0. The molecule has 176 valence electrons. The fourth-order valence-corrected chi connectivity index (χ4v) is 4.11. The minimum Gasteiger partial charge on any atom is -0.494 e. The second kappa shape index (κ2) is 10.5. The molecule has 1 amide bonds. The highest BCUT2D eigenvalue weighted by Crippen LogP contribution is 2.28. The van der Waals surface area contributed by atoms with Crippen LogP contribution in [0.3, 0.4) is 0 Å². The lowest BCUT2D eigenvalue weighted by Gasteiger charge is -2.14. The third kappa shape index (κ3) is 5.63. The van der Waals surface area contributed by atoms with E-state index in [4.69, 9.17) is 13.9 Å². The molecule has 0 unspecified atom stereocenters. The van der Waals surface area contributed by atoms with Crippen LogP contribution in [0.2, 0.25) is 0 Å². The van der Waals surface area contributed by atoms with Crippen molar-refractivity contribution in [2.24, 2.45) is 0 Å². The number of carbonyl (C=O) groups excluding carboxylic acids is 1. The fraction of sp³-hybridized carbons (Fsp3) is 0.269. The SMILES string of the molecule is CCCCOc1cccc(-c2csc(NC(=O)[C@H](C)Oc3ccc4c(C)cc(=O)oc4c3)n2)c1. The number of hydrogen-bond donors (Lipinski definition) is 1. The van der Waals surface area contributed by atoms with Crippen LogP contribution in [0.15, 0.2) is 63.1 Å². The number of nitrogens with zero attached hydrogens (tertiary/aromatic N) is 1. The molecule has 0 saturated carbocycles. The van der Waals surface area contributed by atoms with Gasteiger partial charge in [0, 0.05) is 28.5 Å². The minimum atomic E-state index is -0.781.